The Morgan fingerprint density at radius 2 is 2.12 bits per heavy atom. The molecule has 0 aromatic carbocycles. The van der Waals surface area contributed by atoms with E-state index in [-0.39, 0.29) is 9.20 Å². The molecule has 0 bridgehead atoms. The zero-order valence-corrected chi connectivity index (χ0v) is 11.9. The van der Waals surface area contributed by atoms with Crippen LogP contribution in [0.2, 0.25) is 4.34 Å². The lowest BCUT2D eigenvalue weighted by molar-refractivity contribution is 0.548. The second-order valence-corrected chi connectivity index (χ2v) is 7.72. The average molecular weight is 299 g/mol. The van der Waals surface area contributed by atoms with E-state index in [4.69, 9.17) is 29.6 Å². The molecular formula is C8H11ClN2O2S3. The summed E-state index contributed by atoms with van der Waals surface area (Å²) in [6, 6.07) is 2.96. The van der Waals surface area contributed by atoms with E-state index >= 15 is 0 Å². The van der Waals surface area contributed by atoms with Gasteiger partial charge in [0.05, 0.1) is 14.9 Å². The summed E-state index contributed by atoms with van der Waals surface area (Å²) in [4.78, 5) is 0.0822. The number of hydrogen-bond donors (Lipinski definition) is 2. The minimum atomic E-state index is -3.63. The number of thiocarbonyl (C=S) groups is 1. The molecular weight excluding hydrogens is 288 g/mol. The maximum atomic E-state index is 11.9. The van der Waals surface area contributed by atoms with Crippen molar-refractivity contribution in [3.63, 3.8) is 0 Å². The van der Waals surface area contributed by atoms with Gasteiger partial charge in [-0.2, -0.15) is 4.72 Å². The second-order valence-electron chi connectivity index (χ2n) is 3.65. The molecule has 4 nitrogen and oxygen atoms in total. The third-order valence-electron chi connectivity index (χ3n) is 1.82. The molecule has 1 heterocycles. The molecule has 16 heavy (non-hydrogen) atoms. The number of sulfonamides is 1. The maximum absolute atomic E-state index is 11.9. The van der Waals surface area contributed by atoms with Gasteiger partial charge in [-0.25, -0.2) is 8.42 Å². The van der Waals surface area contributed by atoms with Gasteiger partial charge in [0, 0.05) is 0 Å². The van der Waals surface area contributed by atoms with Crippen LogP contribution in [0.15, 0.2) is 16.3 Å². The van der Waals surface area contributed by atoms with Crippen molar-refractivity contribution in [2.24, 2.45) is 5.73 Å². The van der Waals surface area contributed by atoms with Crippen molar-refractivity contribution in [1.82, 2.24) is 4.72 Å². The number of nitrogens with one attached hydrogen (secondary N) is 1. The van der Waals surface area contributed by atoms with Crippen molar-refractivity contribution in [3.05, 3.63) is 16.5 Å². The van der Waals surface area contributed by atoms with Crippen molar-refractivity contribution in [1.29, 1.82) is 0 Å². The molecule has 1 rings (SSSR count). The molecule has 8 heteroatoms. The fourth-order valence-corrected chi connectivity index (χ4v) is 3.87. The topological polar surface area (TPSA) is 72.2 Å². The molecule has 0 amide bonds. The van der Waals surface area contributed by atoms with Crippen LogP contribution < -0.4 is 10.5 Å². The van der Waals surface area contributed by atoms with Crippen LogP contribution in [0.3, 0.4) is 0 Å². The summed E-state index contributed by atoms with van der Waals surface area (Å²) in [6.45, 7) is 3.20. The van der Waals surface area contributed by atoms with Crippen LogP contribution in [-0.2, 0) is 10.0 Å². The molecule has 0 spiro atoms. The first-order chi connectivity index (χ1) is 7.15. The van der Waals surface area contributed by atoms with Crippen molar-refractivity contribution >= 4 is 50.2 Å². The number of halogens is 1. The van der Waals surface area contributed by atoms with Crippen LogP contribution in [0.1, 0.15) is 13.8 Å². The predicted octanol–water partition coefficient (Wildman–Crippen LogP) is 1.74. The maximum Gasteiger partial charge on any atom is 0.250 e. The Morgan fingerprint density at radius 3 is 2.50 bits per heavy atom. The van der Waals surface area contributed by atoms with Crippen LogP contribution >= 0.6 is 35.2 Å². The fourth-order valence-electron chi connectivity index (χ4n) is 0.879. The third-order valence-corrected chi connectivity index (χ3v) is 5.71. The Bertz CT molecular complexity index is 507. The van der Waals surface area contributed by atoms with E-state index < -0.39 is 15.6 Å². The quantitative estimate of drug-likeness (QED) is 0.831. The van der Waals surface area contributed by atoms with Crippen molar-refractivity contribution in [2.45, 2.75) is 23.6 Å². The standard InChI is InChI=1S/C8H11ClN2O2S3/c1-8(2,7(10)14)11-16(12,13)6-4-3-5(9)15-6/h3-4,11H,1-2H3,(H2,10,14). The van der Waals surface area contributed by atoms with Crippen LogP contribution in [-0.4, -0.2) is 18.9 Å². The minimum absolute atomic E-state index is 0.0822. The second kappa shape index (κ2) is 4.58. The first kappa shape index (κ1) is 13.9. The lowest BCUT2D eigenvalue weighted by Gasteiger charge is -2.23. The molecule has 0 saturated carbocycles. The highest BCUT2D eigenvalue weighted by Crippen LogP contribution is 2.26. The first-order valence-corrected chi connectivity index (χ1v) is 7.33. The summed E-state index contributed by atoms with van der Waals surface area (Å²) in [5.74, 6) is 0. The van der Waals surface area contributed by atoms with Gasteiger partial charge in [-0.05, 0) is 26.0 Å². The van der Waals surface area contributed by atoms with E-state index in [1.165, 1.54) is 12.1 Å². The summed E-state index contributed by atoms with van der Waals surface area (Å²) >= 11 is 11.4. The van der Waals surface area contributed by atoms with Crippen LogP contribution in [0.25, 0.3) is 0 Å². The van der Waals surface area contributed by atoms with Gasteiger partial charge >= 0.3 is 0 Å². The molecule has 1 aromatic heterocycles. The van der Waals surface area contributed by atoms with E-state index in [1.54, 1.807) is 13.8 Å². The van der Waals surface area contributed by atoms with E-state index in [2.05, 4.69) is 4.72 Å². The van der Waals surface area contributed by atoms with Gasteiger partial charge in [0.25, 0.3) is 10.0 Å². The minimum Gasteiger partial charge on any atom is -0.392 e. The summed E-state index contributed by atoms with van der Waals surface area (Å²) in [6.07, 6.45) is 0. The van der Waals surface area contributed by atoms with Gasteiger partial charge in [0.1, 0.15) is 4.21 Å². The normalized spacial score (nSPS) is 12.7. The molecule has 0 aliphatic heterocycles. The van der Waals surface area contributed by atoms with Gasteiger partial charge in [-0.1, -0.05) is 23.8 Å². The van der Waals surface area contributed by atoms with Gasteiger partial charge in [-0.15, -0.1) is 11.3 Å². The monoisotopic (exact) mass is 298 g/mol. The highest BCUT2D eigenvalue weighted by Gasteiger charge is 2.29. The Kier molecular flexibility index (Phi) is 3.96. The van der Waals surface area contributed by atoms with Gasteiger partial charge in [0.15, 0.2) is 0 Å². The number of nitrogens with two attached hydrogens (primary N) is 1. The molecule has 0 aliphatic rings. The molecule has 0 fully saturated rings. The summed E-state index contributed by atoms with van der Waals surface area (Å²) in [5.41, 5.74) is 4.47. The summed E-state index contributed by atoms with van der Waals surface area (Å²) in [5, 5.41) is 0. The van der Waals surface area contributed by atoms with Gasteiger partial charge in [0.2, 0.25) is 0 Å². The summed E-state index contributed by atoms with van der Waals surface area (Å²) < 4.78 is 26.8. The van der Waals surface area contributed by atoms with E-state index in [0.717, 1.165) is 11.3 Å². The Hall–Kier alpha value is -0.210. The molecule has 3 N–H and O–H groups in total. The van der Waals surface area contributed by atoms with Crippen LogP contribution in [0.5, 0.6) is 0 Å². The molecule has 0 unspecified atom stereocenters. The predicted molar refractivity (Wildman–Crippen MR) is 70.5 cm³/mol. The highest BCUT2D eigenvalue weighted by molar-refractivity contribution is 7.91. The van der Waals surface area contributed by atoms with Gasteiger partial charge in [-0.3, -0.25) is 0 Å². The zero-order chi connectivity index (χ0) is 12.6. The summed E-state index contributed by atoms with van der Waals surface area (Å²) in [7, 11) is -3.63. The molecule has 0 atom stereocenters. The fraction of sp³-hybridized carbons (Fsp3) is 0.375. The Labute approximate surface area is 109 Å². The largest absolute Gasteiger partial charge is 0.392 e. The van der Waals surface area contributed by atoms with E-state index in [0.29, 0.717) is 4.34 Å². The van der Waals surface area contributed by atoms with Crippen LogP contribution in [0, 0.1) is 0 Å². The van der Waals surface area contributed by atoms with Gasteiger partial charge < -0.3 is 5.73 Å². The van der Waals surface area contributed by atoms with Crippen molar-refractivity contribution < 1.29 is 8.42 Å². The first-order valence-electron chi connectivity index (χ1n) is 4.24. The SMILES string of the molecule is CC(C)(NS(=O)(=O)c1ccc(Cl)s1)C(N)=S. The average Bonchev–Trinajstić information content (AvgIpc) is 2.50. The molecule has 90 valence electrons. The zero-order valence-electron chi connectivity index (χ0n) is 8.65. The van der Waals surface area contributed by atoms with Crippen LogP contribution in [0.4, 0.5) is 0 Å². The van der Waals surface area contributed by atoms with E-state index in [1.807, 2.05) is 0 Å². The number of thiophene rings is 1. The lowest BCUT2D eigenvalue weighted by Crippen LogP contribution is -2.51. The van der Waals surface area contributed by atoms with E-state index in [9.17, 15) is 8.42 Å². The number of hydrogen-bond acceptors (Lipinski definition) is 4. The highest BCUT2D eigenvalue weighted by atomic mass is 35.5. The molecule has 0 saturated heterocycles. The Balaban J connectivity index is 3.02. The molecule has 0 aliphatic carbocycles. The Morgan fingerprint density at radius 1 is 1.56 bits per heavy atom. The van der Waals surface area contributed by atoms with Crippen molar-refractivity contribution in [2.75, 3.05) is 0 Å². The lowest BCUT2D eigenvalue weighted by atomic mass is 10.1. The number of rotatable bonds is 4. The molecule has 0 radical (unpaired) electrons. The smallest absolute Gasteiger partial charge is 0.250 e. The van der Waals surface area contributed by atoms with Crippen molar-refractivity contribution in [3.8, 4) is 0 Å². The third kappa shape index (κ3) is 3.14. The molecule has 1 aromatic rings.